The molecule has 0 saturated carbocycles. The lowest BCUT2D eigenvalue weighted by Gasteiger charge is -2.19. The Kier molecular flexibility index (Phi) is 3.65. The molecule has 0 N–H and O–H groups in total. The molecule has 2 atom stereocenters. The van der Waals surface area contributed by atoms with Crippen LogP contribution in [0.4, 0.5) is 0 Å². The molecule has 1 aromatic carbocycles. The van der Waals surface area contributed by atoms with Crippen molar-refractivity contribution in [2.75, 3.05) is 7.11 Å². The van der Waals surface area contributed by atoms with Crippen molar-refractivity contribution in [3.63, 3.8) is 0 Å². The van der Waals surface area contributed by atoms with Gasteiger partial charge in [0.05, 0.1) is 7.11 Å². The van der Waals surface area contributed by atoms with Gasteiger partial charge in [-0.25, -0.2) is 9.79 Å². The minimum Gasteiger partial charge on any atom is -0.471 e. The Morgan fingerprint density at radius 3 is 2.56 bits per heavy atom. The number of esters is 1. The number of carbonyl (C=O) groups is 1. The number of hydrogen-bond donors (Lipinski definition) is 0. The molecule has 4 heteroatoms. The number of methoxy groups -OCH3 is 1. The highest BCUT2D eigenvalue weighted by Gasteiger charge is 2.39. The Hall–Kier alpha value is -1.84. The number of hydrogen-bond acceptors (Lipinski definition) is 4. The van der Waals surface area contributed by atoms with Crippen LogP contribution in [0.25, 0.3) is 0 Å². The number of carbonyl (C=O) groups excluding carboxylic acids is 1. The summed E-state index contributed by atoms with van der Waals surface area (Å²) in [6.07, 6.45) is -0.257. The normalized spacial score (nSPS) is 22.6. The fourth-order valence-electron chi connectivity index (χ4n) is 1.96. The Morgan fingerprint density at radius 2 is 2.00 bits per heavy atom. The lowest BCUT2D eigenvalue weighted by molar-refractivity contribution is -0.144. The van der Waals surface area contributed by atoms with Crippen molar-refractivity contribution in [2.24, 2.45) is 10.9 Å². The third-order valence-corrected chi connectivity index (χ3v) is 2.94. The summed E-state index contributed by atoms with van der Waals surface area (Å²) in [4.78, 5) is 16.0. The van der Waals surface area contributed by atoms with E-state index in [0.717, 1.165) is 5.56 Å². The second-order valence-corrected chi connectivity index (χ2v) is 4.59. The van der Waals surface area contributed by atoms with Gasteiger partial charge in [0.15, 0.2) is 6.04 Å². The molecular formula is C14H17NO3. The zero-order valence-electron chi connectivity index (χ0n) is 10.8. The molecule has 0 bridgehead atoms. The summed E-state index contributed by atoms with van der Waals surface area (Å²) in [6.45, 7) is 4.01. The molecule has 0 spiro atoms. The van der Waals surface area contributed by atoms with E-state index in [1.165, 1.54) is 7.11 Å². The molecule has 0 radical (unpaired) electrons. The van der Waals surface area contributed by atoms with E-state index >= 15 is 0 Å². The lowest BCUT2D eigenvalue weighted by Crippen LogP contribution is -2.35. The van der Waals surface area contributed by atoms with Crippen LogP contribution in [-0.4, -0.2) is 31.1 Å². The number of nitrogens with zero attached hydrogens (tertiary/aromatic N) is 1. The topological polar surface area (TPSA) is 47.9 Å². The first-order chi connectivity index (χ1) is 8.63. The molecule has 96 valence electrons. The molecular weight excluding hydrogens is 230 g/mol. The maximum Gasteiger partial charge on any atom is 0.334 e. The van der Waals surface area contributed by atoms with Crippen molar-refractivity contribution in [1.29, 1.82) is 0 Å². The summed E-state index contributed by atoms with van der Waals surface area (Å²) in [5.41, 5.74) is 0.884. The summed E-state index contributed by atoms with van der Waals surface area (Å²) in [5, 5.41) is 0. The molecule has 2 rings (SSSR count). The van der Waals surface area contributed by atoms with Crippen LogP contribution >= 0.6 is 0 Å². The maximum atomic E-state index is 11.7. The van der Waals surface area contributed by atoms with E-state index < -0.39 is 6.04 Å². The summed E-state index contributed by atoms with van der Waals surface area (Å²) in [7, 11) is 1.37. The molecule has 0 amide bonds. The SMILES string of the molecule is COC(=O)[C@H]1N=C(c2ccccc2)O[C@H]1C(C)C. The van der Waals surface area contributed by atoms with Crippen molar-refractivity contribution in [1.82, 2.24) is 0 Å². The molecule has 1 aliphatic rings. The van der Waals surface area contributed by atoms with Gasteiger partial charge < -0.3 is 9.47 Å². The molecule has 1 aromatic rings. The Morgan fingerprint density at radius 1 is 1.33 bits per heavy atom. The predicted molar refractivity (Wildman–Crippen MR) is 68.5 cm³/mol. The largest absolute Gasteiger partial charge is 0.471 e. The van der Waals surface area contributed by atoms with Crippen LogP contribution < -0.4 is 0 Å². The molecule has 4 nitrogen and oxygen atoms in total. The summed E-state index contributed by atoms with van der Waals surface area (Å²) in [5.74, 6) is 0.364. The highest BCUT2D eigenvalue weighted by Crippen LogP contribution is 2.24. The number of ether oxygens (including phenoxy) is 2. The van der Waals surface area contributed by atoms with E-state index in [9.17, 15) is 4.79 Å². The summed E-state index contributed by atoms with van der Waals surface area (Å²) in [6, 6.07) is 9.02. The first-order valence-electron chi connectivity index (χ1n) is 6.01. The molecule has 18 heavy (non-hydrogen) atoms. The standard InChI is InChI=1S/C14H17NO3/c1-9(2)12-11(14(16)17-3)15-13(18-12)10-7-5-4-6-8-10/h4-9,11-12H,1-3H3/t11-,12-/m0/s1. The van der Waals surface area contributed by atoms with Crippen molar-refractivity contribution >= 4 is 11.9 Å². The van der Waals surface area contributed by atoms with Crippen LogP contribution in [-0.2, 0) is 14.3 Å². The van der Waals surface area contributed by atoms with E-state index in [2.05, 4.69) is 4.99 Å². The van der Waals surface area contributed by atoms with E-state index in [1.807, 2.05) is 44.2 Å². The lowest BCUT2D eigenvalue weighted by atomic mass is 10.0. The minimum atomic E-state index is -0.565. The molecule has 0 aromatic heterocycles. The molecule has 1 aliphatic heterocycles. The maximum absolute atomic E-state index is 11.7. The first-order valence-corrected chi connectivity index (χ1v) is 6.01. The second kappa shape index (κ2) is 5.21. The highest BCUT2D eigenvalue weighted by atomic mass is 16.5. The Labute approximate surface area is 107 Å². The number of benzene rings is 1. The monoisotopic (exact) mass is 247 g/mol. The van der Waals surface area contributed by atoms with Crippen LogP contribution in [0.3, 0.4) is 0 Å². The van der Waals surface area contributed by atoms with Crippen molar-refractivity contribution < 1.29 is 14.3 Å². The average Bonchev–Trinajstić information content (AvgIpc) is 2.84. The average molecular weight is 247 g/mol. The first kappa shape index (κ1) is 12.6. The van der Waals surface area contributed by atoms with Gasteiger partial charge in [-0.05, 0) is 18.1 Å². The van der Waals surface area contributed by atoms with Gasteiger partial charge in [-0.15, -0.1) is 0 Å². The quantitative estimate of drug-likeness (QED) is 0.768. The zero-order valence-corrected chi connectivity index (χ0v) is 10.8. The minimum absolute atomic E-state index is 0.194. The molecule has 0 aliphatic carbocycles. The Bertz CT molecular complexity index is 453. The Balaban J connectivity index is 2.27. The van der Waals surface area contributed by atoms with Gasteiger partial charge in [-0.2, -0.15) is 0 Å². The van der Waals surface area contributed by atoms with Crippen molar-refractivity contribution in [2.45, 2.75) is 26.0 Å². The van der Waals surface area contributed by atoms with Crippen LogP contribution in [0.2, 0.25) is 0 Å². The fourth-order valence-corrected chi connectivity index (χ4v) is 1.96. The van der Waals surface area contributed by atoms with Gasteiger partial charge in [0.2, 0.25) is 5.90 Å². The third-order valence-electron chi connectivity index (χ3n) is 2.94. The number of rotatable bonds is 3. The third kappa shape index (κ3) is 2.37. The van der Waals surface area contributed by atoms with Gasteiger partial charge in [0.25, 0.3) is 0 Å². The van der Waals surface area contributed by atoms with Crippen LogP contribution in [0.5, 0.6) is 0 Å². The fraction of sp³-hybridized carbons (Fsp3) is 0.429. The van der Waals surface area contributed by atoms with E-state index in [4.69, 9.17) is 9.47 Å². The van der Waals surface area contributed by atoms with Crippen molar-refractivity contribution in [3.05, 3.63) is 35.9 Å². The number of aliphatic imine (C=N–C) groups is 1. The van der Waals surface area contributed by atoms with Crippen LogP contribution in [0.1, 0.15) is 19.4 Å². The summed E-state index contributed by atoms with van der Waals surface area (Å²) >= 11 is 0. The van der Waals surface area contributed by atoms with Crippen LogP contribution in [0, 0.1) is 5.92 Å². The smallest absolute Gasteiger partial charge is 0.334 e. The molecule has 0 fully saturated rings. The van der Waals surface area contributed by atoms with Gasteiger partial charge in [-0.1, -0.05) is 32.0 Å². The van der Waals surface area contributed by atoms with Gasteiger partial charge >= 0.3 is 5.97 Å². The molecule has 0 saturated heterocycles. The van der Waals surface area contributed by atoms with Crippen molar-refractivity contribution in [3.8, 4) is 0 Å². The van der Waals surface area contributed by atoms with Gasteiger partial charge in [0.1, 0.15) is 6.10 Å². The second-order valence-electron chi connectivity index (χ2n) is 4.59. The van der Waals surface area contributed by atoms with Gasteiger partial charge in [-0.3, -0.25) is 0 Å². The van der Waals surface area contributed by atoms with Gasteiger partial charge in [0, 0.05) is 5.56 Å². The highest BCUT2D eigenvalue weighted by molar-refractivity contribution is 5.98. The summed E-state index contributed by atoms with van der Waals surface area (Å²) < 4.78 is 10.6. The molecule has 0 unspecified atom stereocenters. The predicted octanol–water partition coefficient (Wildman–Crippen LogP) is 2.03. The van der Waals surface area contributed by atoms with Crippen LogP contribution in [0.15, 0.2) is 35.3 Å². The van der Waals surface area contributed by atoms with E-state index in [0.29, 0.717) is 5.90 Å². The zero-order chi connectivity index (χ0) is 13.1. The molecule has 1 heterocycles. The van der Waals surface area contributed by atoms with E-state index in [-0.39, 0.29) is 18.0 Å². The van der Waals surface area contributed by atoms with E-state index in [1.54, 1.807) is 0 Å².